The lowest BCUT2D eigenvalue weighted by molar-refractivity contribution is -0.153. The molecule has 0 radical (unpaired) electrons. The van der Waals surface area contributed by atoms with E-state index in [0.29, 0.717) is 13.0 Å². The minimum Gasteiger partial charge on any atom is -0.454 e. The van der Waals surface area contributed by atoms with Gasteiger partial charge in [0, 0.05) is 12.2 Å². The summed E-state index contributed by atoms with van der Waals surface area (Å²) in [6, 6.07) is -0.561. The Hall–Kier alpha value is -2.38. The van der Waals surface area contributed by atoms with Gasteiger partial charge in [0.2, 0.25) is 0 Å². The molecule has 4 amide bonds. The number of rotatable bonds is 6. The summed E-state index contributed by atoms with van der Waals surface area (Å²) in [5.41, 5.74) is 0.0693. The first kappa shape index (κ1) is 21.3. The Kier molecular flexibility index (Phi) is 6.59. The molecule has 1 spiro atoms. The minimum atomic E-state index is -0.905. The quantitative estimate of drug-likeness (QED) is 0.540. The van der Waals surface area contributed by atoms with Gasteiger partial charge in [-0.1, -0.05) is 25.8 Å². The number of esters is 1. The lowest BCUT2D eigenvalue weighted by atomic mass is 9.73. The largest absolute Gasteiger partial charge is 0.454 e. The van der Waals surface area contributed by atoms with Gasteiger partial charge in [-0.05, 0) is 51.4 Å². The van der Waals surface area contributed by atoms with Crippen molar-refractivity contribution in [3.63, 3.8) is 0 Å². The molecular weight excluding hydrogens is 374 g/mol. The van der Waals surface area contributed by atoms with Gasteiger partial charge in [-0.15, -0.1) is 0 Å². The van der Waals surface area contributed by atoms with Gasteiger partial charge < -0.3 is 15.0 Å². The van der Waals surface area contributed by atoms with Gasteiger partial charge in [0.05, 0.1) is 0 Å². The fourth-order valence-corrected chi connectivity index (χ4v) is 4.64. The number of nitrogens with one attached hydrogen (secondary N) is 1. The Morgan fingerprint density at radius 3 is 2.72 bits per heavy atom. The van der Waals surface area contributed by atoms with Crippen LogP contribution in [0, 0.1) is 5.92 Å². The predicted octanol–water partition coefficient (Wildman–Crippen LogP) is 2.34. The van der Waals surface area contributed by atoms with Crippen LogP contribution in [0.25, 0.3) is 0 Å². The topological polar surface area (TPSA) is 96.0 Å². The summed E-state index contributed by atoms with van der Waals surface area (Å²) < 4.78 is 5.11. The summed E-state index contributed by atoms with van der Waals surface area (Å²) in [5.74, 6) is -1.38. The van der Waals surface area contributed by atoms with E-state index in [2.05, 4.69) is 11.4 Å². The molecule has 1 saturated heterocycles. The Bertz CT molecular complexity index is 719. The molecule has 2 aliphatic carbocycles. The van der Waals surface area contributed by atoms with Crippen molar-refractivity contribution in [2.45, 2.75) is 70.8 Å². The Balaban J connectivity index is 1.55. The van der Waals surface area contributed by atoms with Crippen LogP contribution in [0.5, 0.6) is 0 Å². The molecule has 0 unspecified atom stereocenters. The van der Waals surface area contributed by atoms with Crippen molar-refractivity contribution in [1.29, 1.82) is 0 Å². The van der Waals surface area contributed by atoms with E-state index in [-0.39, 0.29) is 17.7 Å². The SMILES string of the molecule is CCN(C(=O)COC(=O)CN1C(=O)N[C@]2(CCCC[C@H]2C)C1=O)C1=CCCCC1. The molecular formula is C21H31N3O5. The molecule has 1 saturated carbocycles. The standard InChI is InChI=1S/C21H31N3O5/c1-3-23(16-10-5-4-6-11-16)17(25)14-29-18(26)13-24-19(27)21(22-20(24)28)12-8-7-9-15(21)2/h10,15H,3-9,11-14H2,1-2H3,(H,22,28)/t15-,21+/m1/s1. The van der Waals surface area contributed by atoms with Crippen LogP contribution in [0.15, 0.2) is 11.8 Å². The first-order valence-corrected chi connectivity index (χ1v) is 10.7. The molecule has 8 heteroatoms. The van der Waals surface area contributed by atoms with Crippen molar-refractivity contribution in [3.05, 3.63) is 11.8 Å². The maximum absolute atomic E-state index is 12.9. The van der Waals surface area contributed by atoms with Crippen LogP contribution >= 0.6 is 0 Å². The van der Waals surface area contributed by atoms with Crippen LogP contribution in [0.3, 0.4) is 0 Å². The molecule has 1 N–H and O–H groups in total. The molecule has 0 aromatic carbocycles. The third-order valence-corrected chi connectivity index (χ3v) is 6.38. The Morgan fingerprint density at radius 2 is 2.07 bits per heavy atom. The van der Waals surface area contributed by atoms with Crippen LogP contribution in [-0.2, 0) is 19.1 Å². The lowest BCUT2D eigenvalue weighted by Crippen LogP contribution is -2.54. The van der Waals surface area contributed by atoms with Gasteiger partial charge in [0.1, 0.15) is 12.1 Å². The van der Waals surface area contributed by atoms with Crippen LogP contribution in [0.1, 0.15) is 65.2 Å². The summed E-state index contributed by atoms with van der Waals surface area (Å²) in [4.78, 5) is 52.5. The van der Waals surface area contributed by atoms with E-state index in [1.165, 1.54) is 0 Å². The average Bonchev–Trinajstić information content (AvgIpc) is 2.95. The van der Waals surface area contributed by atoms with Gasteiger partial charge in [-0.25, -0.2) is 4.79 Å². The first-order chi connectivity index (χ1) is 13.9. The Morgan fingerprint density at radius 1 is 1.28 bits per heavy atom. The summed E-state index contributed by atoms with van der Waals surface area (Å²) in [6.45, 7) is 3.48. The highest BCUT2D eigenvalue weighted by atomic mass is 16.5. The number of hydrogen-bond donors (Lipinski definition) is 1. The van der Waals surface area contributed by atoms with Gasteiger partial charge in [0.15, 0.2) is 6.61 Å². The van der Waals surface area contributed by atoms with E-state index >= 15 is 0 Å². The number of likely N-dealkylation sites (N-methyl/N-ethyl adjacent to an activating group) is 1. The van der Waals surface area contributed by atoms with E-state index < -0.39 is 30.7 Å². The maximum atomic E-state index is 12.9. The van der Waals surface area contributed by atoms with Gasteiger partial charge in [-0.3, -0.25) is 19.3 Å². The van der Waals surface area contributed by atoms with Crippen molar-refractivity contribution in [3.8, 4) is 0 Å². The summed E-state index contributed by atoms with van der Waals surface area (Å²) in [6.07, 6.45) is 9.36. The number of hydrogen-bond acceptors (Lipinski definition) is 5. The van der Waals surface area contributed by atoms with Crippen LogP contribution in [0.2, 0.25) is 0 Å². The monoisotopic (exact) mass is 405 g/mol. The fourth-order valence-electron chi connectivity index (χ4n) is 4.64. The zero-order valence-corrected chi connectivity index (χ0v) is 17.4. The second-order valence-electron chi connectivity index (χ2n) is 8.18. The third-order valence-electron chi connectivity index (χ3n) is 6.38. The number of amides is 4. The van der Waals surface area contributed by atoms with Crippen molar-refractivity contribution in [1.82, 2.24) is 15.1 Å². The van der Waals surface area contributed by atoms with Crippen molar-refractivity contribution in [2.24, 2.45) is 5.92 Å². The van der Waals surface area contributed by atoms with Gasteiger partial charge in [-0.2, -0.15) is 0 Å². The minimum absolute atomic E-state index is 0.0252. The molecule has 0 bridgehead atoms. The number of nitrogens with zero attached hydrogens (tertiary/aromatic N) is 2. The molecule has 1 aliphatic heterocycles. The van der Waals surface area contributed by atoms with E-state index in [1.807, 2.05) is 13.8 Å². The maximum Gasteiger partial charge on any atom is 0.326 e. The summed E-state index contributed by atoms with van der Waals surface area (Å²) in [5, 5.41) is 2.81. The molecule has 160 valence electrons. The lowest BCUT2D eigenvalue weighted by Gasteiger charge is -2.36. The molecule has 2 fully saturated rings. The van der Waals surface area contributed by atoms with Crippen LogP contribution in [-0.4, -0.2) is 58.8 Å². The van der Waals surface area contributed by atoms with Gasteiger partial charge >= 0.3 is 12.0 Å². The number of allylic oxidation sites excluding steroid dienone is 2. The second kappa shape index (κ2) is 8.97. The summed E-state index contributed by atoms with van der Waals surface area (Å²) >= 11 is 0. The molecule has 0 aromatic rings. The highest BCUT2D eigenvalue weighted by Crippen LogP contribution is 2.38. The van der Waals surface area contributed by atoms with Crippen LogP contribution < -0.4 is 5.32 Å². The first-order valence-electron chi connectivity index (χ1n) is 10.7. The molecule has 8 nitrogen and oxygen atoms in total. The zero-order valence-electron chi connectivity index (χ0n) is 17.4. The molecule has 3 aliphatic rings. The van der Waals surface area contributed by atoms with Gasteiger partial charge in [0.25, 0.3) is 11.8 Å². The third kappa shape index (κ3) is 4.31. The Labute approximate surface area is 171 Å². The number of carbonyl (C=O) groups is 4. The normalized spacial score (nSPS) is 26.9. The number of urea groups is 1. The smallest absolute Gasteiger partial charge is 0.326 e. The van der Waals surface area contributed by atoms with E-state index in [1.54, 1.807) is 4.90 Å². The molecule has 2 atom stereocenters. The molecule has 0 aromatic heterocycles. The highest BCUT2D eigenvalue weighted by Gasteiger charge is 2.55. The fraction of sp³-hybridized carbons (Fsp3) is 0.714. The van der Waals surface area contributed by atoms with Crippen molar-refractivity contribution >= 4 is 23.8 Å². The molecule has 3 rings (SSSR count). The number of ether oxygens (including phenoxy) is 1. The predicted molar refractivity (Wildman–Crippen MR) is 106 cm³/mol. The van der Waals surface area contributed by atoms with E-state index in [9.17, 15) is 19.2 Å². The second-order valence-corrected chi connectivity index (χ2v) is 8.18. The summed E-state index contributed by atoms with van der Waals surface area (Å²) in [7, 11) is 0. The number of imide groups is 1. The average molecular weight is 405 g/mol. The molecule has 1 heterocycles. The highest BCUT2D eigenvalue weighted by molar-refractivity contribution is 6.09. The van der Waals surface area contributed by atoms with Crippen molar-refractivity contribution in [2.75, 3.05) is 19.7 Å². The number of carbonyl (C=O) groups excluding carboxylic acids is 4. The zero-order chi connectivity index (χ0) is 21.0. The van der Waals surface area contributed by atoms with E-state index in [4.69, 9.17) is 4.74 Å². The molecule has 29 heavy (non-hydrogen) atoms. The van der Waals surface area contributed by atoms with E-state index in [0.717, 1.165) is 55.5 Å². The van der Waals surface area contributed by atoms with Crippen molar-refractivity contribution < 1.29 is 23.9 Å². The van der Waals surface area contributed by atoms with Crippen LogP contribution in [0.4, 0.5) is 4.79 Å².